The number of hydrogen-bond acceptors (Lipinski definition) is 2. The Morgan fingerprint density at radius 1 is 1.09 bits per heavy atom. The lowest BCUT2D eigenvalue weighted by Crippen LogP contribution is -2.46. The number of likely N-dealkylation sites (N-methyl/N-ethyl adjacent to an activating group) is 2. The van der Waals surface area contributed by atoms with Crippen LogP contribution in [-0.2, 0) is 9.59 Å². The van der Waals surface area contributed by atoms with E-state index in [0.29, 0.717) is 0 Å². The standard InChI is InChI=1S/C19H20N2O2/c1-12-9-10-14-19(11-12)16(18(23)20(14)2)15(17(22)21(19)3)13-7-5-4-6-8-13/h4-8,10-11,15-16H,9H2,1-3H3. The fraction of sp³-hybridized carbons (Fsp3) is 0.368. The van der Waals surface area contributed by atoms with E-state index in [1.54, 1.807) is 9.80 Å². The second kappa shape index (κ2) is 4.57. The van der Waals surface area contributed by atoms with Crippen molar-refractivity contribution in [2.24, 2.45) is 5.92 Å². The topological polar surface area (TPSA) is 40.6 Å². The highest BCUT2D eigenvalue weighted by atomic mass is 16.2. The van der Waals surface area contributed by atoms with E-state index in [1.165, 1.54) is 5.57 Å². The molecule has 4 nitrogen and oxygen atoms in total. The first-order valence-electron chi connectivity index (χ1n) is 7.97. The molecular formula is C19H20N2O2. The van der Waals surface area contributed by atoms with Crippen LogP contribution >= 0.6 is 0 Å². The average molecular weight is 308 g/mol. The van der Waals surface area contributed by atoms with Crippen molar-refractivity contribution in [3.8, 4) is 0 Å². The highest BCUT2D eigenvalue weighted by Crippen LogP contribution is 2.56. The van der Waals surface area contributed by atoms with Crippen molar-refractivity contribution >= 4 is 11.8 Å². The Hall–Kier alpha value is -2.36. The van der Waals surface area contributed by atoms with Gasteiger partial charge in [0, 0.05) is 19.8 Å². The Labute approximate surface area is 136 Å². The van der Waals surface area contributed by atoms with E-state index < -0.39 is 11.5 Å². The molecule has 0 bridgehead atoms. The smallest absolute Gasteiger partial charge is 0.233 e. The first-order valence-corrected chi connectivity index (χ1v) is 7.97. The summed E-state index contributed by atoms with van der Waals surface area (Å²) in [6, 6.07) is 9.68. The molecule has 23 heavy (non-hydrogen) atoms. The second-order valence-electron chi connectivity index (χ2n) is 6.77. The zero-order chi connectivity index (χ0) is 16.4. The first-order chi connectivity index (χ1) is 11.0. The van der Waals surface area contributed by atoms with Gasteiger partial charge in [-0.3, -0.25) is 9.59 Å². The molecule has 1 aliphatic carbocycles. The summed E-state index contributed by atoms with van der Waals surface area (Å²) in [6.07, 6.45) is 5.07. The summed E-state index contributed by atoms with van der Waals surface area (Å²) in [6.45, 7) is 2.07. The van der Waals surface area contributed by atoms with Gasteiger partial charge in [-0.25, -0.2) is 0 Å². The second-order valence-corrected chi connectivity index (χ2v) is 6.77. The maximum atomic E-state index is 13.0. The lowest BCUT2D eigenvalue weighted by atomic mass is 9.75. The number of amides is 2. The fourth-order valence-electron chi connectivity index (χ4n) is 4.50. The third-order valence-corrected chi connectivity index (χ3v) is 5.57. The summed E-state index contributed by atoms with van der Waals surface area (Å²) in [5, 5.41) is 0. The molecule has 1 aromatic rings. The molecule has 2 heterocycles. The van der Waals surface area contributed by atoms with E-state index in [-0.39, 0.29) is 17.7 Å². The van der Waals surface area contributed by atoms with Crippen LogP contribution in [-0.4, -0.2) is 41.2 Å². The van der Waals surface area contributed by atoms with Crippen LogP contribution in [0.25, 0.3) is 0 Å². The molecule has 0 N–H and O–H groups in total. The van der Waals surface area contributed by atoms with Gasteiger partial charge < -0.3 is 9.80 Å². The van der Waals surface area contributed by atoms with Crippen LogP contribution in [0.2, 0.25) is 0 Å². The van der Waals surface area contributed by atoms with Crippen molar-refractivity contribution < 1.29 is 9.59 Å². The number of hydrogen-bond donors (Lipinski definition) is 0. The first kappa shape index (κ1) is 14.2. The minimum atomic E-state index is -0.619. The van der Waals surface area contributed by atoms with E-state index in [1.807, 2.05) is 44.4 Å². The van der Waals surface area contributed by atoms with Crippen LogP contribution in [0.4, 0.5) is 0 Å². The maximum Gasteiger partial charge on any atom is 0.233 e. The summed E-state index contributed by atoms with van der Waals surface area (Å²) in [4.78, 5) is 29.6. The zero-order valence-electron chi connectivity index (χ0n) is 13.6. The molecule has 2 saturated heterocycles. The SMILES string of the molecule is CC1=CC23C(=CC1)N(C)C(=O)C2C(c1ccccc1)C(=O)N3C. The zero-order valence-corrected chi connectivity index (χ0v) is 13.6. The number of rotatable bonds is 1. The number of likely N-dealkylation sites (tertiary alicyclic amines) is 2. The Morgan fingerprint density at radius 2 is 1.78 bits per heavy atom. The largest absolute Gasteiger partial charge is 0.330 e. The Bertz CT molecular complexity index is 765. The molecule has 2 aliphatic heterocycles. The van der Waals surface area contributed by atoms with Crippen LogP contribution in [0.15, 0.2) is 53.8 Å². The van der Waals surface area contributed by atoms with Crippen LogP contribution in [0, 0.1) is 5.92 Å². The van der Waals surface area contributed by atoms with E-state index in [4.69, 9.17) is 0 Å². The van der Waals surface area contributed by atoms with Gasteiger partial charge >= 0.3 is 0 Å². The summed E-state index contributed by atoms with van der Waals surface area (Å²) in [5.74, 6) is -0.730. The fourth-order valence-corrected chi connectivity index (χ4v) is 4.50. The van der Waals surface area contributed by atoms with Crippen molar-refractivity contribution in [1.29, 1.82) is 0 Å². The number of benzene rings is 1. The summed E-state index contributed by atoms with van der Waals surface area (Å²) < 4.78 is 0. The quantitative estimate of drug-likeness (QED) is 0.747. The Balaban J connectivity index is 1.95. The molecule has 0 radical (unpaired) electrons. The molecule has 0 aromatic heterocycles. The molecule has 3 unspecified atom stereocenters. The predicted octanol–water partition coefficient (Wildman–Crippen LogP) is 2.30. The number of allylic oxidation sites excluding steroid dienone is 2. The highest BCUT2D eigenvalue weighted by molar-refractivity contribution is 6.01. The Kier molecular flexibility index (Phi) is 2.83. The van der Waals surface area contributed by atoms with Gasteiger partial charge in [-0.2, -0.15) is 0 Å². The van der Waals surface area contributed by atoms with Crippen molar-refractivity contribution in [3.63, 3.8) is 0 Å². The number of nitrogens with zero attached hydrogens (tertiary/aromatic N) is 2. The van der Waals surface area contributed by atoms with Gasteiger partial charge in [-0.05, 0) is 18.9 Å². The number of carbonyl (C=O) groups excluding carboxylic acids is 2. The molecular weight excluding hydrogens is 288 g/mol. The summed E-state index contributed by atoms with van der Waals surface area (Å²) in [5.41, 5.74) is 2.46. The minimum Gasteiger partial charge on any atom is -0.330 e. The van der Waals surface area contributed by atoms with E-state index in [0.717, 1.165) is 17.7 Å². The molecule has 2 fully saturated rings. The monoisotopic (exact) mass is 308 g/mol. The van der Waals surface area contributed by atoms with Crippen LogP contribution in [0.3, 0.4) is 0 Å². The molecule has 3 aliphatic rings. The average Bonchev–Trinajstić information content (AvgIpc) is 2.89. The molecule has 118 valence electrons. The van der Waals surface area contributed by atoms with Gasteiger partial charge in [0.1, 0.15) is 5.54 Å². The van der Waals surface area contributed by atoms with Gasteiger partial charge in [0.15, 0.2) is 0 Å². The van der Waals surface area contributed by atoms with Gasteiger partial charge in [0.2, 0.25) is 11.8 Å². The van der Waals surface area contributed by atoms with Crippen LogP contribution in [0.5, 0.6) is 0 Å². The number of carbonyl (C=O) groups is 2. The molecule has 4 rings (SSSR count). The molecule has 1 spiro atoms. The maximum absolute atomic E-state index is 13.0. The van der Waals surface area contributed by atoms with Gasteiger partial charge in [-0.1, -0.05) is 48.1 Å². The molecule has 2 amide bonds. The molecule has 1 aromatic carbocycles. The normalized spacial score (nSPS) is 32.7. The van der Waals surface area contributed by atoms with Gasteiger partial charge in [0.05, 0.1) is 11.8 Å². The van der Waals surface area contributed by atoms with Crippen molar-refractivity contribution in [2.45, 2.75) is 24.8 Å². The highest BCUT2D eigenvalue weighted by Gasteiger charge is 2.67. The predicted molar refractivity (Wildman–Crippen MR) is 87.4 cm³/mol. The summed E-state index contributed by atoms with van der Waals surface area (Å²) in [7, 11) is 3.65. The lowest BCUT2D eigenvalue weighted by molar-refractivity contribution is -0.133. The van der Waals surface area contributed by atoms with Crippen molar-refractivity contribution in [3.05, 3.63) is 59.3 Å². The van der Waals surface area contributed by atoms with E-state index in [9.17, 15) is 9.59 Å². The van der Waals surface area contributed by atoms with Crippen molar-refractivity contribution in [1.82, 2.24) is 9.80 Å². The molecule has 4 heteroatoms. The lowest BCUT2D eigenvalue weighted by Gasteiger charge is -2.37. The van der Waals surface area contributed by atoms with Gasteiger partial charge in [0.25, 0.3) is 0 Å². The van der Waals surface area contributed by atoms with Gasteiger partial charge in [-0.15, -0.1) is 0 Å². The third kappa shape index (κ3) is 1.61. The van der Waals surface area contributed by atoms with E-state index in [2.05, 4.69) is 19.1 Å². The minimum absolute atomic E-state index is 0.0273. The molecule has 3 atom stereocenters. The summed E-state index contributed by atoms with van der Waals surface area (Å²) >= 11 is 0. The third-order valence-electron chi connectivity index (χ3n) is 5.57. The van der Waals surface area contributed by atoms with Crippen LogP contribution in [0.1, 0.15) is 24.8 Å². The Morgan fingerprint density at radius 3 is 2.48 bits per heavy atom. The van der Waals surface area contributed by atoms with Crippen molar-refractivity contribution in [2.75, 3.05) is 14.1 Å². The van der Waals surface area contributed by atoms with Crippen LogP contribution < -0.4 is 0 Å². The molecule has 0 saturated carbocycles. The van der Waals surface area contributed by atoms with E-state index >= 15 is 0 Å².